The van der Waals surface area contributed by atoms with E-state index in [9.17, 15) is 4.79 Å². The molecule has 4 nitrogen and oxygen atoms in total. The van der Waals surface area contributed by atoms with Gasteiger partial charge in [0.2, 0.25) is 5.28 Å². The molecule has 0 amide bonds. The fourth-order valence-corrected chi connectivity index (χ4v) is 3.37. The molecule has 5 heteroatoms. The maximum Gasteiger partial charge on any atom is 0.224 e. The molecule has 19 heavy (non-hydrogen) atoms. The molecule has 0 aromatic carbocycles. The molecule has 1 saturated carbocycles. The number of Topliss-reactive ketones (excluding diaryl/α,β-unsaturated/α-hetero) is 1. The molecule has 100 valence electrons. The predicted octanol–water partition coefficient (Wildman–Crippen LogP) is 3.71. The molecule has 1 aliphatic rings. The molecular formula is C14H16ClN3O. The van der Waals surface area contributed by atoms with E-state index in [0.29, 0.717) is 6.04 Å². The lowest BCUT2D eigenvalue weighted by atomic mass is 10.1. The van der Waals surface area contributed by atoms with Crippen molar-refractivity contribution < 1.29 is 4.79 Å². The van der Waals surface area contributed by atoms with Gasteiger partial charge in [0, 0.05) is 28.9 Å². The minimum Gasteiger partial charge on any atom is -0.326 e. The van der Waals surface area contributed by atoms with Gasteiger partial charge < -0.3 is 4.57 Å². The first-order chi connectivity index (χ1) is 9.09. The quantitative estimate of drug-likeness (QED) is 0.621. The van der Waals surface area contributed by atoms with Crippen LogP contribution in [0, 0.1) is 6.92 Å². The smallest absolute Gasteiger partial charge is 0.224 e. The number of aromatic nitrogens is 3. The van der Waals surface area contributed by atoms with E-state index < -0.39 is 0 Å². The first kappa shape index (κ1) is 12.6. The summed E-state index contributed by atoms with van der Waals surface area (Å²) in [5.74, 6) is 0.0603. The zero-order chi connectivity index (χ0) is 13.6. The number of carbonyl (C=O) groups excluding carboxylic acids is 1. The Morgan fingerprint density at radius 2 is 2.11 bits per heavy atom. The minimum atomic E-state index is 0.0603. The van der Waals surface area contributed by atoms with E-state index in [1.54, 1.807) is 13.1 Å². The molecule has 0 unspecified atom stereocenters. The fraction of sp³-hybridized carbons (Fsp3) is 0.500. The summed E-state index contributed by atoms with van der Waals surface area (Å²) in [5, 5.41) is 1.06. The third-order valence-electron chi connectivity index (χ3n) is 4.00. The van der Waals surface area contributed by atoms with Crippen LogP contribution in [0.25, 0.3) is 11.0 Å². The summed E-state index contributed by atoms with van der Waals surface area (Å²) in [6.45, 7) is 3.58. The Labute approximate surface area is 116 Å². The van der Waals surface area contributed by atoms with Crippen molar-refractivity contribution in [3.05, 3.63) is 22.7 Å². The van der Waals surface area contributed by atoms with Crippen LogP contribution < -0.4 is 0 Å². The van der Waals surface area contributed by atoms with Gasteiger partial charge in [-0.15, -0.1) is 0 Å². The normalized spacial score (nSPS) is 16.4. The number of ketones is 1. The van der Waals surface area contributed by atoms with Crippen LogP contribution >= 0.6 is 11.6 Å². The second-order valence-corrected chi connectivity index (χ2v) is 5.54. The Morgan fingerprint density at radius 3 is 2.74 bits per heavy atom. The molecule has 0 aliphatic heterocycles. The van der Waals surface area contributed by atoms with E-state index in [-0.39, 0.29) is 11.1 Å². The number of rotatable bonds is 2. The maximum atomic E-state index is 11.9. The van der Waals surface area contributed by atoms with E-state index >= 15 is 0 Å². The summed E-state index contributed by atoms with van der Waals surface area (Å²) in [6.07, 6.45) is 6.42. The van der Waals surface area contributed by atoms with Crippen molar-refractivity contribution in [2.45, 2.75) is 45.6 Å². The molecule has 2 aromatic heterocycles. The Hall–Kier alpha value is -1.42. The van der Waals surface area contributed by atoms with E-state index in [4.69, 9.17) is 11.6 Å². The standard InChI is InChI=1S/C14H16ClN3O/c1-8-12(9(2)19)11-7-16-14(15)17-13(11)18(8)10-5-3-4-6-10/h7,10H,3-6H2,1-2H3. The van der Waals surface area contributed by atoms with Gasteiger partial charge in [-0.05, 0) is 38.3 Å². The van der Waals surface area contributed by atoms with E-state index in [1.165, 1.54) is 12.8 Å². The van der Waals surface area contributed by atoms with Crippen molar-refractivity contribution >= 4 is 28.4 Å². The van der Waals surface area contributed by atoms with Crippen LogP contribution in [0.2, 0.25) is 5.28 Å². The zero-order valence-electron chi connectivity index (χ0n) is 11.1. The van der Waals surface area contributed by atoms with Gasteiger partial charge in [0.15, 0.2) is 5.78 Å². The average Bonchev–Trinajstić information content (AvgIpc) is 2.93. The van der Waals surface area contributed by atoms with Gasteiger partial charge in [-0.1, -0.05) is 12.8 Å². The summed E-state index contributed by atoms with van der Waals surface area (Å²) in [5.41, 5.74) is 2.53. The summed E-state index contributed by atoms with van der Waals surface area (Å²) in [7, 11) is 0. The van der Waals surface area contributed by atoms with Crippen molar-refractivity contribution in [3.63, 3.8) is 0 Å². The highest BCUT2D eigenvalue weighted by Gasteiger charge is 2.25. The molecule has 0 spiro atoms. The van der Waals surface area contributed by atoms with Gasteiger partial charge in [-0.25, -0.2) is 4.98 Å². The second-order valence-electron chi connectivity index (χ2n) is 5.20. The summed E-state index contributed by atoms with van der Waals surface area (Å²) in [4.78, 5) is 20.3. The molecule has 1 aliphatic carbocycles. The third-order valence-corrected chi connectivity index (χ3v) is 4.18. The van der Waals surface area contributed by atoms with Crippen molar-refractivity contribution in [2.24, 2.45) is 0 Å². The number of halogens is 1. The van der Waals surface area contributed by atoms with Crippen LogP contribution in [0.1, 0.15) is 54.7 Å². The highest BCUT2D eigenvalue weighted by Crippen LogP contribution is 2.36. The molecule has 0 bridgehead atoms. The molecule has 3 rings (SSSR count). The molecule has 0 atom stereocenters. The minimum absolute atomic E-state index is 0.0603. The zero-order valence-corrected chi connectivity index (χ0v) is 11.9. The van der Waals surface area contributed by atoms with E-state index in [0.717, 1.165) is 35.1 Å². The largest absolute Gasteiger partial charge is 0.326 e. The number of hydrogen-bond donors (Lipinski definition) is 0. The molecule has 2 aromatic rings. The van der Waals surface area contributed by atoms with Crippen molar-refractivity contribution in [2.75, 3.05) is 0 Å². The van der Waals surface area contributed by atoms with Gasteiger partial charge in [-0.2, -0.15) is 4.98 Å². The van der Waals surface area contributed by atoms with E-state index in [2.05, 4.69) is 14.5 Å². The van der Waals surface area contributed by atoms with Crippen LogP contribution in [0.4, 0.5) is 0 Å². The summed E-state index contributed by atoms with van der Waals surface area (Å²) < 4.78 is 2.19. The van der Waals surface area contributed by atoms with E-state index in [1.807, 2.05) is 6.92 Å². The lowest BCUT2D eigenvalue weighted by Gasteiger charge is -2.15. The molecule has 0 radical (unpaired) electrons. The Balaban J connectivity index is 2.32. The summed E-state index contributed by atoms with van der Waals surface area (Å²) >= 11 is 5.92. The van der Waals surface area contributed by atoms with Crippen molar-refractivity contribution in [1.82, 2.24) is 14.5 Å². The SMILES string of the molecule is CC(=O)c1c(C)n(C2CCCC2)c2nc(Cl)ncc12. The summed E-state index contributed by atoms with van der Waals surface area (Å²) in [6, 6.07) is 0.432. The maximum absolute atomic E-state index is 11.9. The highest BCUT2D eigenvalue weighted by molar-refractivity contribution is 6.28. The van der Waals surface area contributed by atoms with Crippen LogP contribution in [-0.4, -0.2) is 20.3 Å². The van der Waals surface area contributed by atoms with Crippen molar-refractivity contribution in [3.8, 4) is 0 Å². The Morgan fingerprint density at radius 1 is 1.42 bits per heavy atom. The van der Waals surface area contributed by atoms with Gasteiger partial charge in [-0.3, -0.25) is 4.79 Å². The third kappa shape index (κ3) is 1.94. The van der Waals surface area contributed by atoms with Crippen LogP contribution in [0.5, 0.6) is 0 Å². The van der Waals surface area contributed by atoms with Gasteiger partial charge >= 0.3 is 0 Å². The monoisotopic (exact) mass is 277 g/mol. The molecule has 0 saturated heterocycles. The Kier molecular flexibility index (Phi) is 3.05. The molecule has 2 heterocycles. The second kappa shape index (κ2) is 4.60. The average molecular weight is 278 g/mol. The lowest BCUT2D eigenvalue weighted by molar-refractivity contribution is 0.101. The van der Waals surface area contributed by atoms with Crippen LogP contribution in [-0.2, 0) is 0 Å². The first-order valence-electron chi connectivity index (χ1n) is 6.63. The van der Waals surface area contributed by atoms with Crippen LogP contribution in [0.15, 0.2) is 6.20 Å². The molecule has 0 N–H and O–H groups in total. The molecule has 1 fully saturated rings. The van der Waals surface area contributed by atoms with Crippen LogP contribution in [0.3, 0.4) is 0 Å². The fourth-order valence-electron chi connectivity index (χ4n) is 3.24. The molecular weight excluding hydrogens is 262 g/mol. The lowest BCUT2D eigenvalue weighted by Crippen LogP contribution is -2.08. The number of carbonyl (C=O) groups is 1. The number of nitrogens with zero attached hydrogens (tertiary/aromatic N) is 3. The Bertz CT molecular complexity index is 656. The first-order valence-corrected chi connectivity index (χ1v) is 7.01. The predicted molar refractivity (Wildman–Crippen MR) is 74.8 cm³/mol. The topological polar surface area (TPSA) is 47.8 Å². The highest BCUT2D eigenvalue weighted by atomic mass is 35.5. The van der Waals surface area contributed by atoms with Gasteiger partial charge in [0.25, 0.3) is 0 Å². The number of fused-ring (bicyclic) bond motifs is 1. The van der Waals surface area contributed by atoms with Gasteiger partial charge in [0.1, 0.15) is 5.65 Å². The number of hydrogen-bond acceptors (Lipinski definition) is 3. The van der Waals surface area contributed by atoms with Crippen molar-refractivity contribution in [1.29, 1.82) is 0 Å². The van der Waals surface area contributed by atoms with Gasteiger partial charge in [0.05, 0.1) is 0 Å².